The summed E-state index contributed by atoms with van der Waals surface area (Å²) in [5, 5.41) is 6.84. The molecule has 2 heterocycles. The summed E-state index contributed by atoms with van der Waals surface area (Å²) in [5.74, 6) is 0. The zero-order valence-electron chi connectivity index (χ0n) is 28.9. The Balaban J connectivity index is 1.23. The molecule has 246 valence electrons. The van der Waals surface area contributed by atoms with Gasteiger partial charge in [0, 0.05) is 50.0 Å². The number of nitrogens with zero attached hydrogens (tertiary/aromatic N) is 1. The predicted octanol–water partition coefficient (Wildman–Crippen LogP) is 14.1. The van der Waals surface area contributed by atoms with E-state index < -0.39 is 0 Å². The van der Waals surface area contributed by atoms with Crippen molar-refractivity contribution in [3.8, 4) is 22.3 Å². The van der Waals surface area contributed by atoms with Gasteiger partial charge in [-0.25, -0.2) is 0 Å². The Morgan fingerprint density at radius 2 is 1.10 bits per heavy atom. The Morgan fingerprint density at radius 3 is 1.98 bits per heavy atom. The summed E-state index contributed by atoms with van der Waals surface area (Å²) < 4.78 is 13.0. The molecular weight excluding hydrogens is 635 g/mol. The molecule has 2 aromatic heterocycles. The number of benzene rings is 8. The van der Waals surface area contributed by atoms with Crippen molar-refractivity contribution in [2.45, 2.75) is 19.3 Å². The summed E-state index contributed by atoms with van der Waals surface area (Å²) in [6.07, 6.45) is 0. The summed E-state index contributed by atoms with van der Waals surface area (Å²) >= 11 is 0. The molecule has 52 heavy (non-hydrogen) atoms. The number of fused-ring (bicyclic) bond motifs is 10. The first-order valence-electron chi connectivity index (χ1n) is 17.9. The van der Waals surface area contributed by atoms with Crippen LogP contribution < -0.4 is 4.90 Å². The molecule has 0 saturated heterocycles. The van der Waals surface area contributed by atoms with Crippen LogP contribution in [0.1, 0.15) is 25.0 Å². The molecule has 0 aliphatic heterocycles. The van der Waals surface area contributed by atoms with Gasteiger partial charge >= 0.3 is 0 Å². The van der Waals surface area contributed by atoms with Gasteiger partial charge in [0.05, 0.1) is 5.69 Å². The molecule has 0 N–H and O–H groups in total. The average Bonchev–Trinajstić information content (AvgIpc) is 3.82. The average molecular weight is 668 g/mol. The quantitative estimate of drug-likeness (QED) is 0.187. The van der Waals surface area contributed by atoms with Crippen molar-refractivity contribution >= 4 is 71.7 Å². The first-order valence-corrected chi connectivity index (χ1v) is 17.9. The third-order valence-electron chi connectivity index (χ3n) is 11.2. The van der Waals surface area contributed by atoms with Gasteiger partial charge in [-0.15, -0.1) is 0 Å². The van der Waals surface area contributed by atoms with E-state index in [1.54, 1.807) is 0 Å². The van der Waals surface area contributed by atoms with Crippen molar-refractivity contribution in [2.75, 3.05) is 4.90 Å². The van der Waals surface area contributed by atoms with E-state index in [0.717, 1.165) is 72.1 Å². The zero-order valence-corrected chi connectivity index (χ0v) is 28.9. The third kappa shape index (κ3) is 4.14. The summed E-state index contributed by atoms with van der Waals surface area (Å²) in [7, 11) is 0. The number of hydrogen-bond acceptors (Lipinski definition) is 3. The lowest BCUT2D eigenvalue weighted by atomic mass is 9.82. The van der Waals surface area contributed by atoms with Gasteiger partial charge in [0.2, 0.25) is 0 Å². The Hall–Kier alpha value is -6.58. The maximum Gasteiger partial charge on any atom is 0.137 e. The fourth-order valence-corrected chi connectivity index (χ4v) is 8.74. The first-order chi connectivity index (χ1) is 25.5. The van der Waals surface area contributed by atoms with Crippen molar-refractivity contribution < 1.29 is 8.83 Å². The van der Waals surface area contributed by atoms with Crippen LogP contribution in [0.2, 0.25) is 0 Å². The van der Waals surface area contributed by atoms with Gasteiger partial charge in [-0.2, -0.15) is 0 Å². The Morgan fingerprint density at radius 1 is 0.442 bits per heavy atom. The van der Waals surface area contributed by atoms with E-state index in [9.17, 15) is 0 Å². The Kier molecular flexibility index (Phi) is 6.01. The molecule has 1 aliphatic rings. The van der Waals surface area contributed by atoms with Gasteiger partial charge in [-0.1, -0.05) is 117 Å². The summed E-state index contributed by atoms with van der Waals surface area (Å²) in [6.45, 7) is 4.69. The molecule has 11 rings (SSSR count). The molecule has 3 heteroatoms. The second-order valence-corrected chi connectivity index (χ2v) is 14.5. The van der Waals surface area contributed by atoms with Crippen molar-refractivity contribution in [3.05, 3.63) is 175 Å². The molecular formula is C49H33NO2. The lowest BCUT2D eigenvalue weighted by Gasteiger charge is -2.30. The molecule has 1 aliphatic carbocycles. The van der Waals surface area contributed by atoms with E-state index in [1.165, 1.54) is 33.0 Å². The van der Waals surface area contributed by atoms with Crippen LogP contribution in [-0.4, -0.2) is 0 Å². The van der Waals surface area contributed by atoms with Crippen LogP contribution in [0.3, 0.4) is 0 Å². The smallest absolute Gasteiger partial charge is 0.137 e. The summed E-state index contributed by atoms with van der Waals surface area (Å²) in [5.41, 5.74) is 14.1. The van der Waals surface area contributed by atoms with Crippen LogP contribution in [0, 0.1) is 0 Å². The van der Waals surface area contributed by atoms with Crippen LogP contribution >= 0.6 is 0 Å². The van der Waals surface area contributed by atoms with E-state index >= 15 is 0 Å². The van der Waals surface area contributed by atoms with Crippen LogP contribution in [-0.2, 0) is 5.41 Å². The Bertz CT molecular complexity index is 3070. The van der Waals surface area contributed by atoms with Gasteiger partial charge in [-0.3, -0.25) is 0 Å². The van der Waals surface area contributed by atoms with Crippen LogP contribution in [0.25, 0.3) is 76.9 Å². The number of para-hydroxylation sites is 2. The van der Waals surface area contributed by atoms with Crippen molar-refractivity contribution in [1.29, 1.82) is 0 Å². The van der Waals surface area contributed by atoms with Gasteiger partial charge in [0.25, 0.3) is 0 Å². The van der Waals surface area contributed by atoms with E-state index in [4.69, 9.17) is 8.83 Å². The highest BCUT2D eigenvalue weighted by molar-refractivity contribution is 6.17. The molecule has 0 bridgehead atoms. The first kappa shape index (κ1) is 29.2. The minimum Gasteiger partial charge on any atom is -0.456 e. The number of hydrogen-bond donors (Lipinski definition) is 0. The number of rotatable bonds is 4. The summed E-state index contributed by atoms with van der Waals surface area (Å²) in [4.78, 5) is 2.41. The standard InChI is InChI=1S/C49H33NO2/c1-49(2)40-16-8-5-13-35(40)36-23-21-33(28-41(36)49)50(34-22-24-38-37-14-6-9-17-43(37)52-46(38)29-34)42-25-26-45-48(39-15-7-10-18-44(39)51-45)47(42)32-20-19-30-11-3-4-12-31(30)27-32/h3-29H,1-2H3. The van der Waals surface area contributed by atoms with Crippen molar-refractivity contribution in [3.63, 3.8) is 0 Å². The topological polar surface area (TPSA) is 29.5 Å². The molecule has 0 amide bonds. The molecule has 0 radical (unpaired) electrons. The lowest BCUT2D eigenvalue weighted by molar-refractivity contribution is 0.660. The van der Waals surface area contributed by atoms with Gasteiger partial charge in [-0.05, 0) is 93.2 Å². The Labute approximate surface area is 301 Å². The molecule has 3 nitrogen and oxygen atoms in total. The molecule has 8 aromatic carbocycles. The normalized spacial score (nSPS) is 13.3. The van der Waals surface area contributed by atoms with E-state index in [1.807, 2.05) is 18.2 Å². The monoisotopic (exact) mass is 667 g/mol. The molecule has 0 unspecified atom stereocenters. The van der Waals surface area contributed by atoms with Crippen LogP contribution in [0.4, 0.5) is 17.1 Å². The largest absolute Gasteiger partial charge is 0.456 e. The van der Waals surface area contributed by atoms with E-state index in [-0.39, 0.29) is 5.41 Å². The second kappa shape index (κ2) is 10.7. The van der Waals surface area contributed by atoms with Crippen LogP contribution in [0.15, 0.2) is 173 Å². The summed E-state index contributed by atoms with van der Waals surface area (Å²) in [6, 6.07) is 58.9. The van der Waals surface area contributed by atoms with Crippen LogP contribution in [0.5, 0.6) is 0 Å². The van der Waals surface area contributed by atoms with Crippen molar-refractivity contribution in [1.82, 2.24) is 0 Å². The maximum absolute atomic E-state index is 6.53. The molecule has 0 spiro atoms. The highest BCUT2D eigenvalue weighted by Gasteiger charge is 2.36. The minimum absolute atomic E-state index is 0.151. The number of anilines is 3. The van der Waals surface area contributed by atoms with Crippen molar-refractivity contribution in [2.24, 2.45) is 0 Å². The highest BCUT2D eigenvalue weighted by atomic mass is 16.3. The van der Waals surface area contributed by atoms with E-state index in [2.05, 4.69) is 164 Å². The van der Waals surface area contributed by atoms with Gasteiger partial charge in [0.1, 0.15) is 22.3 Å². The zero-order chi connectivity index (χ0) is 34.6. The third-order valence-corrected chi connectivity index (χ3v) is 11.2. The SMILES string of the molecule is CC1(C)c2ccccc2-c2ccc(N(c3ccc4c(c3)oc3ccccc34)c3ccc4oc5ccccc5c4c3-c3ccc4ccccc4c3)cc21. The fourth-order valence-electron chi connectivity index (χ4n) is 8.74. The predicted molar refractivity (Wildman–Crippen MR) is 216 cm³/mol. The maximum atomic E-state index is 6.53. The van der Waals surface area contributed by atoms with Gasteiger partial charge < -0.3 is 13.7 Å². The van der Waals surface area contributed by atoms with Gasteiger partial charge in [0.15, 0.2) is 0 Å². The molecule has 0 saturated carbocycles. The highest BCUT2D eigenvalue weighted by Crippen LogP contribution is 2.53. The molecule has 10 aromatic rings. The number of furan rings is 2. The molecule has 0 atom stereocenters. The second-order valence-electron chi connectivity index (χ2n) is 14.5. The fraction of sp³-hybridized carbons (Fsp3) is 0.0612. The van der Waals surface area contributed by atoms with E-state index in [0.29, 0.717) is 0 Å². The molecule has 0 fully saturated rings. The lowest BCUT2D eigenvalue weighted by Crippen LogP contribution is -2.17. The minimum atomic E-state index is -0.151.